The number of rotatable bonds is 6. The molecule has 2 amide bonds. The van der Waals surface area contributed by atoms with Crippen molar-refractivity contribution in [1.82, 2.24) is 15.1 Å². The molecule has 1 unspecified atom stereocenters. The molecule has 0 aromatic heterocycles. The molecule has 136 valence electrons. The Morgan fingerprint density at radius 1 is 1.29 bits per heavy atom. The largest absolute Gasteiger partial charge is 0.384 e. The molecule has 0 aromatic carbocycles. The van der Waals surface area contributed by atoms with Gasteiger partial charge in [0.1, 0.15) is 11.6 Å². The molecule has 0 aromatic rings. The molecule has 3 rings (SSSR count). The van der Waals surface area contributed by atoms with Crippen LogP contribution in [0.1, 0.15) is 45.4 Å². The maximum Gasteiger partial charge on any atom is 0.248 e. The van der Waals surface area contributed by atoms with E-state index in [1.165, 1.54) is 13.3 Å². The molecule has 24 heavy (non-hydrogen) atoms. The normalized spacial score (nSPS) is 35.1. The van der Waals surface area contributed by atoms with Crippen LogP contribution >= 0.6 is 0 Å². The van der Waals surface area contributed by atoms with Crippen molar-refractivity contribution in [1.29, 1.82) is 0 Å². The van der Waals surface area contributed by atoms with Gasteiger partial charge in [-0.05, 0) is 45.4 Å². The lowest BCUT2D eigenvalue weighted by Gasteiger charge is -2.43. The third-order valence-corrected chi connectivity index (χ3v) is 6.12. The van der Waals surface area contributed by atoms with Gasteiger partial charge in [-0.25, -0.2) is 0 Å². The predicted molar refractivity (Wildman–Crippen MR) is 90.2 cm³/mol. The summed E-state index contributed by atoms with van der Waals surface area (Å²) < 4.78 is 0. The van der Waals surface area contributed by atoms with E-state index in [9.17, 15) is 14.7 Å². The predicted octanol–water partition coefficient (Wildman–Crippen LogP) is -0.570. The number of nitrogens with one attached hydrogen (secondary N) is 1. The first-order chi connectivity index (χ1) is 11.4. The summed E-state index contributed by atoms with van der Waals surface area (Å²) in [7, 11) is 0. The van der Waals surface area contributed by atoms with E-state index >= 15 is 0 Å². The van der Waals surface area contributed by atoms with Crippen molar-refractivity contribution < 1.29 is 14.7 Å². The minimum Gasteiger partial charge on any atom is -0.384 e. The van der Waals surface area contributed by atoms with Gasteiger partial charge in [-0.2, -0.15) is 0 Å². The quantitative estimate of drug-likeness (QED) is 0.602. The summed E-state index contributed by atoms with van der Waals surface area (Å²) in [4.78, 5) is 28.3. The second-order valence-corrected chi connectivity index (χ2v) is 7.64. The number of fused-ring (bicyclic) bond motifs is 2. The Hall–Kier alpha value is -1.18. The Kier molecular flexibility index (Phi) is 5.13. The highest BCUT2D eigenvalue weighted by Crippen LogP contribution is 2.43. The van der Waals surface area contributed by atoms with Gasteiger partial charge in [-0.1, -0.05) is 0 Å². The summed E-state index contributed by atoms with van der Waals surface area (Å²) in [6, 6.07) is 0.606. The highest BCUT2D eigenvalue weighted by Gasteiger charge is 2.52. The zero-order chi connectivity index (χ0) is 17.3. The van der Waals surface area contributed by atoms with Crippen LogP contribution < -0.4 is 11.1 Å². The Labute approximate surface area is 143 Å². The highest BCUT2D eigenvalue weighted by atomic mass is 16.3. The van der Waals surface area contributed by atoms with Gasteiger partial charge >= 0.3 is 0 Å². The number of likely N-dealkylation sites (tertiary alicyclic amines) is 1. The van der Waals surface area contributed by atoms with Crippen LogP contribution in [0.4, 0.5) is 0 Å². The zero-order valence-electron chi connectivity index (χ0n) is 14.5. The minimum absolute atomic E-state index is 0.107. The molecule has 0 spiro atoms. The summed E-state index contributed by atoms with van der Waals surface area (Å²) in [5, 5.41) is 12.2. The van der Waals surface area contributed by atoms with Gasteiger partial charge in [0, 0.05) is 38.3 Å². The third-order valence-electron chi connectivity index (χ3n) is 6.12. The number of hydrogen-bond donors (Lipinski definition) is 3. The van der Waals surface area contributed by atoms with Crippen molar-refractivity contribution in [3.8, 4) is 0 Å². The van der Waals surface area contributed by atoms with Crippen molar-refractivity contribution in [3.63, 3.8) is 0 Å². The number of nitrogens with two attached hydrogens (primary N) is 1. The average Bonchev–Trinajstić information content (AvgIpc) is 3.05. The lowest BCUT2D eigenvalue weighted by Crippen LogP contribution is -2.59. The first kappa shape index (κ1) is 17.6. The van der Waals surface area contributed by atoms with Crippen LogP contribution in [0, 0.1) is 0 Å². The average molecular weight is 338 g/mol. The summed E-state index contributed by atoms with van der Waals surface area (Å²) in [6.45, 7) is 4.99. The zero-order valence-corrected chi connectivity index (χ0v) is 14.5. The molecule has 3 heterocycles. The molecular formula is C17H30N4O3. The van der Waals surface area contributed by atoms with E-state index in [-0.39, 0.29) is 17.9 Å². The van der Waals surface area contributed by atoms with Crippen LogP contribution in [-0.4, -0.2) is 76.6 Å². The lowest BCUT2D eigenvalue weighted by atomic mass is 9.87. The van der Waals surface area contributed by atoms with Gasteiger partial charge in [0.05, 0.1) is 0 Å². The van der Waals surface area contributed by atoms with Crippen LogP contribution in [0.25, 0.3) is 0 Å². The van der Waals surface area contributed by atoms with Crippen LogP contribution in [0.3, 0.4) is 0 Å². The molecule has 4 N–H and O–H groups in total. The van der Waals surface area contributed by atoms with Crippen molar-refractivity contribution >= 4 is 11.8 Å². The molecule has 3 fully saturated rings. The standard InChI is InChI=1S/C17H30N4O3/c1-12(22)15(23)19-13-5-8-20(11-13)9-10-21-14-3-2-6-17(21,7-4-14)16(18)24/h12-14,22H,2-11H2,1H3,(H2,18,24)(H,19,23)/t12-,13?,14+,17-/m0/s1. The van der Waals surface area contributed by atoms with Gasteiger partial charge in [-0.3, -0.25) is 19.4 Å². The second kappa shape index (κ2) is 6.98. The molecule has 0 radical (unpaired) electrons. The van der Waals surface area contributed by atoms with E-state index in [1.54, 1.807) is 0 Å². The van der Waals surface area contributed by atoms with Crippen LogP contribution in [0.15, 0.2) is 0 Å². The maximum absolute atomic E-state index is 12.1. The topological polar surface area (TPSA) is 98.9 Å². The summed E-state index contributed by atoms with van der Waals surface area (Å²) in [5.41, 5.74) is 5.34. The molecule has 4 atom stereocenters. The van der Waals surface area contributed by atoms with Gasteiger partial charge in [0.15, 0.2) is 0 Å². The van der Waals surface area contributed by atoms with Gasteiger partial charge in [0.2, 0.25) is 11.8 Å². The summed E-state index contributed by atoms with van der Waals surface area (Å²) >= 11 is 0. The van der Waals surface area contributed by atoms with Gasteiger partial charge in [0.25, 0.3) is 0 Å². The fourth-order valence-corrected chi connectivity index (χ4v) is 4.76. The van der Waals surface area contributed by atoms with E-state index in [0.717, 1.165) is 58.3 Å². The van der Waals surface area contributed by atoms with Crippen molar-refractivity contribution in [2.24, 2.45) is 5.73 Å². The second-order valence-electron chi connectivity index (χ2n) is 7.64. The number of aliphatic hydroxyl groups is 1. The molecule has 0 aliphatic carbocycles. The highest BCUT2D eigenvalue weighted by molar-refractivity contribution is 5.85. The molecule has 3 saturated heterocycles. The van der Waals surface area contributed by atoms with E-state index in [1.807, 2.05) is 0 Å². The molecule has 7 nitrogen and oxygen atoms in total. The molecular weight excluding hydrogens is 308 g/mol. The number of carbonyl (C=O) groups excluding carboxylic acids is 2. The van der Waals surface area contributed by atoms with E-state index < -0.39 is 11.6 Å². The SMILES string of the molecule is C[C@H](O)C(=O)NC1CCN(CCN2[C@@H]3CCC[C@@]2(C(N)=O)CC3)C1. The lowest BCUT2D eigenvalue weighted by molar-refractivity contribution is -0.132. The molecule has 7 heteroatoms. The fourth-order valence-electron chi connectivity index (χ4n) is 4.76. The molecule has 3 aliphatic heterocycles. The van der Waals surface area contributed by atoms with Crippen molar-refractivity contribution in [3.05, 3.63) is 0 Å². The number of aliphatic hydroxyl groups excluding tert-OH is 1. The minimum atomic E-state index is -0.960. The number of nitrogens with zero attached hydrogens (tertiary/aromatic N) is 2. The first-order valence-electron chi connectivity index (χ1n) is 9.20. The molecule has 2 bridgehead atoms. The summed E-state index contributed by atoms with van der Waals surface area (Å²) in [6.07, 6.45) is 5.09. The smallest absolute Gasteiger partial charge is 0.248 e. The van der Waals surface area contributed by atoms with E-state index in [2.05, 4.69) is 15.1 Å². The van der Waals surface area contributed by atoms with Gasteiger partial charge < -0.3 is 16.2 Å². The van der Waals surface area contributed by atoms with Crippen molar-refractivity contribution in [2.75, 3.05) is 26.2 Å². The monoisotopic (exact) mass is 338 g/mol. The number of piperidine rings is 1. The maximum atomic E-state index is 12.1. The van der Waals surface area contributed by atoms with Crippen LogP contribution in [0.5, 0.6) is 0 Å². The Balaban J connectivity index is 1.51. The summed E-state index contributed by atoms with van der Waals surface area (Å²) in [5.74, 6) is -0.461. The number of primary amides is 1. The van der Waals surface area contributed by atoms with E-state index in [0.29, 0.717) is 6.04 Å². The molecule has 3 aliphatic rings. The van der Waals surface area contributed by atoms with Gasteiger partial charge in [-0.15, -0.1) is 0 Å². The Bertz CT molecular complexity index is 494. The number of amides is 2. The third kappa shape index (κ3) is 3.30. The van der Waals surface area contributed by atoms with E-state index in [4.69, 9.17) is 5.73 Å². The molecule has 0 saturated carbocycles. The first-order valence-corrected chi connectivity index (χ1v) is 9.20. The Morgan fingerprint density at radius 2 is 2.08 bits per heavy atom. The number of hydrogen-bond acceptors (Lipinski definition) is 5. The number of carbonyl (C=O) groups is 2. The van der Waals surface area contributed by atoms with Crippen LogP contribution in [-0.2, 0) is 9.59 Å². The van der Waals surface area contributed by atoms with Crippen molar-refractivity contribution in [2.45, 2.75) is 69.2 Å². The Morgan fingerprint density at radius 3 is 2.79 bits per heavy atom. The van der Waals surface area contributed by atoms with Crippen LogP contribution in [0.2, 0.25) is 0 Å². The fraction of sp³-hybridized carbons (Fsp3) is 0.882.